The summed E-state index contributed by atoms with van der Waals surface area (Å²) in [5.74, 6) is 0.745. The third kappa shape index (κ3) is 4.59. The molecule has 2 bridgehead atoms. The van der Waals surface area contributed by atoms with Crippen LogP contribution in [0.5, 0.6) is 0 Å². The van der Waals surface area contributed by atoms with Gasteiger partial charge < -0.3 is 9.30 Å². The molecule has 174 valence electrons. The van der Waals surface area contributed by atoms with Crippen LogP contribution in [0.15, 0.2) is 30.5 Å². The summed E-state index contributed by atoms with van der Waals surface area (Å²) in [6, 6.07) is 9.54. The van der Waals surface area contributed by atoms with E-state index in [0.717, 1.165) is 42.9 Å². The van der Waals surface area contributed by atoms with Gasteiger partial charge in [-0.15, -0.1) is 0 Å². The summed E-state index contributed by atoms with van der Waals surface area (Å²) in [6.07, 6.45) is 12.7. The van der Waals surface area contributed by atoms with Gasteiger partial charge in [0, 0.05) is 55.9 Å². The van der Waals surface area contributed by atoms with Gasteiger partial charge in [0.1, 0.15) is 0 Å². The molecule has 1 aromatic heterocycles. The zero-order chi connectivity index (χ0) is 22.1. The molecule has 3 fully saturated rings. The van der Waals surface area contributed by atoms with Crippen LogP contribution in [0.3, 0.4) is 0 Å². The number of carbonyl (C=O) groups is 1. The number of benzene rings is 1. The summed E-state index contributed by atoms with van der Waals surface area (Å²) >= 11 is 0. The van der Waals surface area contributed by atoms with Crippen molar-refractivity contribution in [1.82, 2.24) is 14.5 Å². The second-order valence-electron chi connectivity index (χ2n) is 9.94. The summed E-state index contributed by atoms with van der Waals surface area (Å²) in [6.45, 7) is 3.03. The highest BCUT2D eigenvalue weighted by atomic mass is 16.7. The number of nitrogens with zero attached hydrogens (tertiary/aromatic N) is 3. The van der Waals surface area contributed by atoms with Crippen molar-refractivity contribution in [1.29, 1.82) is 0 Å². The van der Waals surface area contributed by atoms with Gasteiger partial charge in [0.15, 0.2) is 0 Å². The molecule has 2 unspecified atom stereocenters. The van der Waals surface area contributed by atoms with E-state index >= 15 is 0 Å². The number of ether oxygens (including phenoxy) is 1. The third-order valence-electron chi connectivity index (χ3n) is 7.74. The Balaban J connectivity index is 1.22. The van der Waals surface area contributed by atoms with E-state index in [4.69, 9.17) is 9.57 Å². The molecule has 6 heteroatoms. The molecular weight excluding hydrogens is 402 g/mol. The molecule has 2 saturated heterocycles. The highest BCUT2D eigenvalue weighted by Crippen LogP contribution is 2.37. The smallest absolute Gasteiger partial charge is 0.279 e. The highest BCUT2D eigenvalue weighted by molar-refractivity contribution is 6.06. The minimum atomic E-state index is -0.106. The van der Waals surface area contributed by atoms with Crippen LogP contribution in [-0.2, 0) is 16.1 Å². The number of fused-ring (bicyclic) bond motifs is 3. The average molecular weight is 440 g/mol. The van der Waals surface area contributed by atoms with Crippen LogP contribution >= 0.6 is 0 Å². The van der Waals surface area contributed by atoms with Gasteiger partial charge in [0.05, 0.1) is 18.8 Å². The quantitative estimate of drug-likeness (QED) is 0.541. The van der Waals surface area contributed by atoms with Crippen molar-refractivity contribution in [2.45, 2.75) is 76.1 Å². The molecule has 0 spiro atoms. The normalized spacial score (nSPS) is 25.9. The van der Waals surface area contributed by atoms with Gasteiger partial charge in [-0.2, -0.15) is 0 Å². The van der Waals surface area contributed by atoms with Crippen molar-refractivity contribution < 1.29 is 14.4 Å². The van der Waals surface area contributed by atoms with Crippen molar-refractivity contribution in [3.05, 3.63) is 36.0 Å². The topological polar surface area (TPSA) is 46.9 Å². The molecule has 2 atom stereocenters. The van der Waals surface area contributed by atoms with E-state index in [1.54, 1.807) is 7.05 Å². The van der Waals surface area contributed by atoms with Crippen molar-refractivity contribution in [3.8, 4) is 0 Å². The summed E-state index contributed by atoms with van der Waals surface area (Å²) in [5, 5.41) is 2.29. The van der Waals surface area contributed by atoms with Crippen LogP contribution < -0.4 is 0 Å². The second-order valence-corrected chi connectivity index (χ2v) is 9.94. The molecule has 1 aromatic carbocycles. The van der Waals surface area contributed by atoms with Gasteiger partial charge in [0.2, 0.25) is 0 Å². The Morgan fingerprint density at radius 1 is 1.09 bits per heavy atom. The van der Waals surface area contributed by atoms with E-state index in [1.807, 2.05) is 24.4 Å². The molecule has 1 aliphatic carbocycles. The lowest BCUT2D eigenvalue weighted by Gasteiger charge is -2.49. The van der Waals surface area contributed by atoms with Crippen LogP contribution in [-0.4, -0.2) is 65.9 Å². The molecular formula is C26H37N3O3. The van der Waals surface area contributed by atoms with E-state index in [-0.39, 0.29) is 5.91 Å². The van der Waals surface area contributed by atoms with Crippen LogP contribution in [0.25, 0.3) is 10.9 Å². The maximum absolute atomic E-state index is 12.8. The number of piperidine rings is 2. The Bertz CT molecular complexity index is 924. The zero-order valence-electron chi connectivity index (χ0n) is 19.5. The predicted molar refractivity (Wildman–Crippen MR) is 125 cm³/mol. The number of hydrogen-bond acceptors (Lipinski definition) is 4. The first kappa shape index (κ1) is 21.9. The van der Waals surface area contributed by atoms with Crippen LogP contribution in [0.4, 0.5) is 0 Å². The Morgan fingerprint density at radius 2 is 1.84 bits per heavy atom. The Labute approximate surface area is 191 Å². The van der Waals surface area contributed by atoms with Crippen LogP contribution in [0.2, 0.25) is 0 Å². The molecule has 2 aliphatic heterocycles. The molecule has 0 radical (unpaired) electrons. The van der Waals surface area contributed by atoms with Crippen molar-refractivity contribution in [2.75, 3.05) is 27.3 Å². The van der Waals surface area contributed by atoms with Gasteiger partial charge in [0.25, 0.3) is 5.91 Å². The Morgan fingerprint density at radius 3 is 2.56 bits per heavy atom. The average Bonchev–Trinajstić information content (AvgIpc) is 3.57. The second kappa shape index (κ2) is 9.54. The fourth-order valence-corrected chi connectivity index (χ4v) is 5.76. The van der Waals surface area contributed by atoms with E-state index in [0.29, 0.717) is 23.8 Å². The largest absolute Gasteiger partial charge is 0.378 e. The summed E-state index contributed by atoms with van der Waals surface area (Å²) in [4.78, 5) is 20.7. The lowest BCUT2D eigenvalue weighted by atomic mass is 9.82. The SMILES string of the molecule is CON(C)C(=O)c1cn(CCCN2C3CCCC2CC(OCC2CC2)C3)c2ccccc12. The number of aromatic nitrogens is 1. The summed E-state index contributed by atoms with van der Waals surface area (Å²) < 4.78 is 8.53. The number of rotatable bonds is 9. The highest BCUT2D eigenvalue weighted by Gasteiger charge is 2.38. The molecule has 32 heavy (non-hydrogen) atoms. The number of amides is 1. The molecule has 3 aliphatic rings. The molecule has 6 nitrogen and oxygen atoms in total. The van der Waals surface area contributed by atoms with E-state index in [9.17, 15) is 4.79 Å². The monoisotopic (exact) mass is 439 g/mol. The van der Waals surface area contributed by atoms with Crippen molar-refractivity contribution >= 4 is 16.8 Å². The molecule has 2 aromatic rings. The van der Waals surface area contributed by atoms with Gasteiger partial charge in [-0.3, -0.25) is 14.5 Å². The predicted octanol–water partition coefficient (Wildman–Crippen LogP) is 4.48. The fourth-order valence-electron chi connectivity index (χ4n) is 5.76. The Kier molecular flexibility index (Phi) is 6.54. The lowest BCUT2D eigenvalue weighted by molar-refractivity contribution is -0.0755. The minimum absolute atomic E-state index is 0.106. The molecule has 3 heterocycles. The van der Waals surface area contributed by atoms with Gasteiger partial charge in [-0.05, 0) is 56.9 Å². The fraction of sp³-hybridized carbons (Fsp3) is 0.654. The number of hydrogen-bond donors (Lipinski definition) is 0. The van der Waals surface area contributed by atoms with E-state index < -0.39 is 0 Å². The standard InChI is InChI=1S/C26H37N3O3/c1-27(31-2)26(30)24-17-28(25-10-4-3-9-23(24)25)13-6-14-29-20-7-5-8-21(29)16-22(15-20)32-18-19-11-12-19/h3-4,9-10,17,19-22H,5-8,11-16,18H2,1-2H3. The van der Waals surface area contributed by atoms with Crippen LogP contribution in [0.1, 0.15) is 61.7 Å². The first-order valence-corrected chi connectivity index (χ1v) is 12.4. The van der Waals surface area contributed by atoms with Gasteiger partial charge >= 0.3 is 0 Å². The first-order chi connectivity index (χ1) is 15.6. The number of para-hydroxylation sites is 1. The van der Waals surface area contributed by atoms with Gasteiger partial charge in [-0.1, -0.05) is 24.6 Å². The molecule has 1 amide bonds. The van der Waals surface area contributed by atoms with Crippen molar-refractivity contribution in [2.24, 2.45) is 5.92 Å². The third-order valence-corrected chi connectivity index (χ3v) is 7.74. The van der Waals surface area contributed by atoms with E-state index in [2.05, 4.69) is 15.5 Å². The number of aryl methyl sites for hydroxylation is 1. The lowest BCUT2D eigenvalue weighted by Crippen LogP contribution is -2.54. The van der Waals surface area contributed by atoms with E-state index in [1.165, 1.54) is 57.1 Å². The maximum atomic E-state index is 12.8. The maximum Gasteiger partial charge on any atom is 0.279 e. The summed E-state index contributed by atoms with van der Waals surface area (Å²) in [5.41, 5.74) is 1.82. The summed E-state index contributed by atoms with van der Waals surface area (Å²) in [7, 11) is 3.18. The minimum Gasteiger partial charge on any atom is -0.378 e. The van der Waals surface area contributed by atoms with Gasteiger partial charge in [-0.25, -0.2) is 5.06 Å². The molecule has 0 N–H and O–H groups in total. The zero-order valence-corrected chi connectivity index (χ0v) is 19.5. The number of carbonyl (C=O) groups excluding carboxylic acids is 1. The first-order valence-electron chi connectivity index (χ1n) is 12.4. The number of hydroxylamine groups is 2. The molecule has 1 saturated carbocycles. The van der Waals surface area contributed by atoms with Crippen molar-refractivity contribution in [3.63, 3.8) is 0 Å². The Hall–Kier alpha value is -1.89. The molecule has 5 rings (SSSR count). The van der Waals surface area contributed by atoms with Crippen LogP contribution in [0, 0.1) is 5.92 Å².